The van der Waals surface area contributed by atoms with Crippen molar-refractivity contribution in [1.29, 1.82) is 0 Å². The fraction of sp³-hybridized carbons (Fsp3) is 0.750. The van der Waals surface area contributed by atoms with E-state index in [1.807, 2.05) is 11.3 Å². The third kappa shape index (κ3) is 3.21. The fourth-order valence-electron chi connectivity index (χ4n) is 3.78. The van der Waals surface area contributed by atoms with Crippen LogP contribution in [0.5, 0.6) is 0 Å². The lowest BCUT2D eigenvalue weighted by Gasteiger charge is -2.48. The summed E-state index contributed by atoms with van der Waals surface area (Å²) < 4.78 is 0. The molecular formula is C16H26N2S. The van der Waals surface area contributed by atoms with Crippen molar-refractivity contribution >= 4 is 11.3 Å². The highest BCUT2D eigenvalue weighted by Crippen LogP contribution is 2.31. The van der Waals surface area contributed by atoms with E-state index in [0.29, 0.717) is 11.6 Å². The lowest BCUT2D eigenvalue weighted by molar-refractivity contribution is 0.0734. The molecule has 1 aliphatic heterocycles. The molecule has 1 atom stereocenters. The first-order valence-corrected chi connectivity index (χ1v) is 8.67. The van der Waals surface area contributed by atoms with E-state index in [-0.39, 0.29) is 0 Å². The molecule has 19 heavy (non-hydrogen) atoms. The van der Waals surface area contributed by atoms with Gasteiger partial charge in [-0.15, -0.1) is 11.3 Å². The Kier molecular flexibility index (Phi) is 4.25. The highest BCUT2D eigenvalue weighted by molar-refractivity contribution is 7.09. The lowest BCUT2D eigenvalue weighted by Crippen LogP contribution is -2.62. The Hall–Kier alpha value is -0.380. The largest absolute Gasteiger partial charge is 0.309 e. The van der Waals surface area contributed by atoms with E-state index >= 15 is 0 Å². The number of nitrogens with zero attached hydrogens (tertiary/aromatic N) is 1. The minimum absolute atomic E-state index is 0.445. The summed E-state index contributed by atoms with van der Waals surface area (Å²) in [5.74, 6) is 0. The summed E-state index contributed by atoms with van der Waals surface area (Å²) in [6.07, 6.45) is 8.26. The second-order valence-electron chi connectivity index (χ2n) is 6.37. The Morgan fingerprint density at radius 2 is 2.21 bits per heavy atom. The predicted molar refractivity (Wildman–Crippen MR) is 82.9 cm³/mol. The Balaban J connectivity index is 1.61. The van der Waals surface area contributed by atoms with Gasteiger partial charge in [-0.2, -0.15) is 0 Å². The number of nitrogens with one attached hydrogen (secondary N) is 1. The van der Waals surface area contributed by atoms with Crippen LogP contribution in [0.15, 0.2) is 17.5 Å². The summed E-state index contributed by atoms with van der Waals surface area (Å²) in [5, 5.41) is 6.04. The molecule has 3 heteroatoms. The van der Waals surface area contributed by atoms with Crippen LogP contribution in [0.2, 0.25) is 0 Å². The zero-order valence-electron chi connectivity index (χ0n) is 12.0. The molecule has 1 unspecified atom stereocenters. The van der Waals surface area contributed by atoms with Gasteiger partial charge in [-0.05, 0) is 37.6 Å². The number of rotatable bonds is 3. The van der Waals surface area contributed by atoms with Gasteiger partial charge in [0.15, 0.2) is 0 Å². The number of hydrogen-bond acceptors (Lipinski definition) is 3. The molecule has 106 valence electrons. The fourth-order valence-corrected chi connectivity index (χ4v) is 4.60. The normalized spacial score (nSPS) is 25.5. The molecule has 1 saturated heterocycles. The third-order valence-corrected chi connectivity index (χ3v) is 5.81. The Morgan fingerprint density at radius 1 is 1.37 bits per heavy atom. The van der Waals surface area contributed by atoms with Crippen molar-refractivity contribution in [3.05, 3.63) is 22.4 Å². The Bertz CT molecular complexity index is 376. The third-order valence-electron chi connectivity index (χ3n) is 4.92. The second kappa shape index (κ2) is 5.94. The number of hydrogen-bond donors (Lipinski definition) is 1. The van der Waals surface area contributed by atoms with Crippen molar-refractivity contribution in [2.24, 2.45) is 0 Å². The van der Waals surface area contributed by atoms with Crippen LogP contribution in [-0.4, -0.2) is 36.1 Å². The van der Waals surface area contributed by atoms with Gasteiger partial charge in [0.25, 0.3) is 0 Å². The zero-order chi connectivity index (χ0) is 13.1. The maximum atomic E-state index is 3.84. The van der Waals surface area contributed by atoms with Crippen molar-refractivity contribution in [2.75, 3.05) is 19.6 Å². The molecule has 2 nitrogen and oxygen atoms in total. The van der Waals surface area contributed by atoms with E-state index in [0.717, 1.165) is 0 Å². The molecule has 1 N–H and O–H groups in total. The molecule has 1 saturated carbocycles. The van der Waals surface area contributed by atoms with Crippen molar-refractivity contribution in [1.82, 2.24) is 10.2 Å². The van der Waals surface area contributed by atoms with Gasteiger partial charge in [0.2, 0.25) is 0 Å². The zero-order valence-corrected chi connectivity index (χ0v) is 12.8. The van der Waals surface area contributed by atoms with Gasteiger partial charge in [0, 0.05) is 36.1 Å². The summed E-state index contributed by atoms with van der Waals surface area (Å²) in [7, 11) is 0. The van der Waals surface area contributed by atoms with Gasteiger partial charge < -0.3 is 5.32 Å². The van der Waals surface area contributed by atoms with Crippen LogP contribution in [0, 0.1) is 0 Å². The smallest absolute Gasteiger partial charge is 0.0309 e. The molecule has 1 spiro atoms. The van der Waals surface area contributed by atoms with Gasteiger partial charge >= 0.3 is 0 Å². The van der Waals surface area contributed by atoms with E-state index in [1.165, 1.54) is 63.0 Å². The highest BCUT2D eigenvalue weighted by Gasteiger charge is 2.37. The van der Waals surface area contributed by atoms with Crippen molar-refractivity contribution in [2.45, 2.75) is 57.0 Å². The molecule has 1 aromatic rings. The maximum absolute atomic E-state index is 3.84. The average molecular weight is 278 g/mol. The summed E-state index contributed by atoms with van der Waals surface area (Å²) in [4.78, 5) is 4.25. The molecule has 0 amide bonds. The minimum Gasteiger partial charge on any atom is -0.309 e. The van der Waals surface area contributed by atoms with Gasteiger partial charge in [-0.25, -0.2) is 0 Å². The SMILES string of the molecule is CC(Cc1cccs1)N1CCNC2(CCCCC2)C1. The predicted octanol–water partition coefficient (Wildman–Crippen LogP) is 3.29. The van der Waals surface area contributed by atoms with E-state index in [4.69, 9.17) is 0 Å². The van der Waals surface area contributed by atoms with E-state index in [9.17, 15) is 0 Å². The molecule has 0 bridgehead atoms. The Morgan fingerprint density at radius 3 is 2.95 bits per heavy atom. The van der Waals surface area contributed by atoms with E-state index in [2.05, 4.69) is 34.7 Å². The summed E-state index contributed by atoms with van der Waals surface area (Å²) in [5.41, 5.74) is 0.445. The number of piperazine rings is 1. The van der Waals surface area contributed by atoms with Crippen LogP contribution in [0.1, 0.15) is 43.9 Å². The first-order chi connectivity index (χ1) is 9.27. The molecule has 1 aromatic heterocycles. The summed E-state index contributed by atoms with van der Waals surface area (Å²) in [6, 6.07) is 5.13. The van der Waals surface area contributed by atoms with Crippen LogP contribution < -0.4 is 5.32 Å². The molecule has 2 aliphatic rings. The van der Waals surface area contributed by atoms with Crippen LogP contribution in [0.4, 0.5) is 0 Å². The van der Waals surface area contributed by atoms with Crippen molar-refractivity contribution < 1.29 is 0 Å². The topological polar surface area (TPSA) is 15.3 Å². The second-order valence-corrected chi connectivity index (χ2v) is 7.40. The van der Waals surface area contributed by atoms with Crippen LogP contribution in [0.25, 0.3) is 0 Å². The summed E-state index contributed by atoms with van der Waals surface area (Å²) >= 11 is 1.90. The van der Waals surface area contributed by atoms with Gasteiger partial charge in [0.05, 0.1) is 0 Å². The minimum atomic E-state index is 0.445. The van der Waals surface area contributed by atoms with Gasteiger partial charge in [0.1, 0.15) is 0 Å². The molecule has 3 rings (SSSR count). The standard InChI is InChI=1S/C16H26N2S/c1-14(12-15-6-5-11-19-15)18-10-9-17-16(13-18)7-3-2-4-8-16/h5-6,11,14,17H,2-4,7-10,12-13H2,1H3. The first-order valence-electron chi connectivity index (χ1n) is 7.79. The molecule has 2 heterocycles. The van der Waals surface area contributed by atoms with Crippen molar-refractivity contribution in [3.8, 4) is 0 Å². The highest BCUT2D eigenvalue weighted by atomic mass is 32.1. The molecular weight excluding hydrogens is 252 g/mol. The number of thiophene rings is 1. The lowest BCUT2D eigenvalue weighted by atomic mass is 9.80. The van der Waals surface area contributed by atoms with E-state index in [1.54, 1.807) is 0 Å². The van der Waals surface area contributed by atoms with Crippen LogP contribution >= 0.6 is 11.3 Å². The Labute approximate surface area is 121 Å². The van der Waals surface area contributed by atoms with Gasteiger partial charge in [-0.1, -0.05) is 25.3 Å². The first kappa shape index (κ1) is 13.6. The van der Waals surface area contributed by atoms with E-state index < -0.39 is 0 Å². The van der Waals surface area contributed by atoms with Crippen LogP contribution in [0.3, 0.4) is 0 Å². The van der Waals surface area contributed by atoms with Crippen molar-refractivity contribution in [3.63, 3.8) is 0 Å². The van der Waals surface area contributed by atoms with Gasteiger partial charge in [-0.3, -0.25) is 4.90 Å². The molecule has 1 aliphatic carbocycles. The molecule has 0 radical (unpaired) electrons. The maximum Gasteiger partial charge on any atom is 0.0309 e. The average Bonchev–Trinajstić information content (AvgIpc) is 2.92. The summed E-state index contributed by atoms with van der Waals surface area (Å²) in [6.45, 7) is 6.06. The van der Waals surface area contributed by atoms with Crippen LogP contribution in [-0.2, 0) is 6.42 Å². The quantitative estimate of drug-likeness (QED) is 0.913. The molecule has 0 aromatic carbocycles. The molecule has 2 fully saturated rings. The monoisotopic (exact) mass is 278 g/mol.